The number of rotatable bonds is 5. The van der Waals surface area contributed by atoms with Crippen LogP contribution in [0.4, 0.5) is 4.39 Å². The normalized spacial score (nSPS) is 11.0. The lowest BCUT2D eigenvalue weighted by Crippen LogP contribution is -1.96. The highest BCUT2D eigenvalue weighted by Gasteiger charge is 2.16. The molecule has 6 nitrogen and oxygen atoms in total. The van der Waals surface area contributed by atoms with Crippen molar-refractivity contribution in [2.45, 2.75) is 10.9 Å². The summed E-state index contributed by atoms with van der Waals surface area (Å²) in [6.45, 7) is 0. The van der Waals surface area contributed by atoms with Gasteiger partial charge in [0, 0.05) is 12.6 Å². The maximum Gasteiger partial charge on any atom is 0.237 e. The number of hydrogen-bond donors (Lipinski definition) is 0. The van der Waals surface area contributed by atoms with Crippen LogP contribution >= 0.6 is 11.8 Å². The van der Waals surface area contributed by atoms with Gasteiger partial charge in [-0.2, -0.15) is 4.98 Å². The molecule has 130 valence electrons. The van der Waals surface area contributed by atoms with Gasteiger partial charge < -0.3 is 9.09 Å². The van der Waals surface area contributed by atoms with E-state index < -0.39 is 0 Å². The summed E-state index contributed by atoms with van der Waals surface area (Å²) in [4.78, 5) is 4.39. The summed E-state index contributed by atoms with van der Waals surface area (Å²) < 4.78 is 21.0. The van der Waals surface area contributed by atoms with E-state index in [0.29, 0.717) is 34.0 Å². The Morgan fingerprint density at radius 3 is 2.62 bits per heavy atom. The van der Waals surface area contributed by atoms with Crippen molar-refractivity contribution >= 4 is 11.8 Å². The number of halogens is 1. The minimum absolute atomic E-state index is 0.330. The zero-order valence-corrected chi connectivity index (χ0v) is 14.7. The van der Waals surface area contributed by atoms with Crippen molar-refractivity contribution in [3.8, 4) is 22.8 Å². The second-order valence-electron chi connectivity index (χ2n) is 5.51. The molecule has 4 rings (SSSR count). The maximum atomic E-state index is 14.0. The van der Waals surface area contributed by atoms with Crippen molar-refractivity contribution in [3.63, 3.8) is 0 Å². The molecule has 0 aliphatic carbocycles. The number of hydrogen-bond acceptors (Lipinski definition) is 6. The number of thioether (sulfide) groups is 1. The topological polar surface area (TPSA) is 69.6 Å². The molecule has 0 bridgehead atoms. The summed E-state index contributed by atoms with van der Waals surface area (Å²) in [6, 6.07) is 16.1. The summed E-state index contributed by atoms with van der Waals surface area (Å²) in [5.74, 6) is 1.63. The van der Waals surface area contributed by atoms with Crippen LogP contribution < -0.4 is 0 Å². The van der Waals surface area contributed by atoms with Gasteiger partial charge >= 0.3 is 0 Å². The van der Waals surface area contributed by atoms with Gasteiger partial charge in [0.05, 0.1) is 11.3 Å². The number of nitrogens with zero attached hydrogens (tertiary/aromatic N) is 5. The first kappa shape index (κ1) is 16.5. The van der Waals surface area contributed by atoms with Crippen LogP contribution in [0.1, 0.15) is 5.89 Å². The van der Waals surface area contributed by atoms with Crippen LogP contribution in [-0.2, 0) is 12.8 Å². The highest BCUT2D eigenvalue weighted by atomic mass is 32.2. The van der Waals surface area contributed by atoms with Crippen molar-refractivity contribution in [2.75, 3.05) is 0 Å². The molecule has 0 saturated heterocycles. The quantitative estimate of drug-likeness (QED) is 0.497. The Labute approximate surface area is 153 Å². The third-order valence-electron chi connectivity index (χ3n) is 3.77. The predicted octanol–water partition coefficient (Wildman–Crippen LogP) is 3.96. The van der Waals surface area contributed by atoms with Crippen LogP contribution in [0.5, 0.6) is 0 Å². The van der Waals surface area contributed by atoms with Crippen molar-refractivity contribution in [1.82, 2.24) is 24.9 Å². The lowest BCUT2D eigenvalue weighted by molar-refractivity contribution is 0.391. The molecule has 2 aromatic heterocycles. The van der Waals surface area contributed by atoms with Gasteiger partial charge in [-0.05, 0) is 12.1 Å². The third kappa shape index (κ3) is 3.23. The first-order chi connectivity index (χ1) is 12.7. The molecule has 0 amide bonds. The standard InChI is InChI=1S/C18H14FN5OS/c1-24-17(13-9-5-6-10-14(13)19)21-22-18(24)26-11-15-20-16(23-25-15)12-7-3-2-4-8-12/h2-10H,11H2,1H3. The molecule has 0 fully saturated rings. The van der Waals surface area contributed by atoms with Crippen molar-refractivity contribution in [2.24, 2.45) is 7.05 Å². The molecule has 0 N–H and O–H groups in total. The van der Waals surface area contributed by atoms with E-state index in [1.807, 2.05) is 30.3 Å². The molecule has 0 spiro atoms. The smallest absolute Gasteiger partial charge is 0.237 e. The highest BCUT2D eigenvalue weighted by molar-refractivity contribution is 7.98. The van der Waals surface area contributed by atoms with Crippen LogP contribution in [0.3, 0.4) is 0 Å². The Kier molecular flexibility index (Phi) is 4.49. The molecular weight excluding hydrogens is 353 g/mol. The average Bonchev–Trinajstić information content (AvgIpc) is 3.28. The van der Waals surface area contributed by atoms with Crippen LogP contribution in [0.2, 0.25) is 0 Å². The maximum absolute atomic E-state index is 14.0. The van der Waals surface area contributed by atoms with E-state index in [9.17, 15) is 4.39 Å². The predicted molar refractivity (Wildman–Crippen MR) is 95.7 cm³/mol. The summed E-state index contributed by atoms with van der Waals surface area (Å²) in [7, 11) is 1.80. The Bertz CT molecular complexity index is 1030. The van der Waals surface area contributed by atoms with Gasteiger partial charge in [0.15, 0.2) is 11.0 Å². The van der Waals surface area contributed by atoms with E-state index in [-0.39, 0.29) is 5.82 Å². The third-order valence-corrected chi connectivity index (χ3v) is 4.78. The lowest BCUT2D eigenvalue weighted by Gasteiger charge is -2.03. The summed E-state index contributed by atoms with van der Waals surface area (Å²) >= 11 is 1.40. The first-order valence-electron chi connectivity index (χ1n) is 7.87. The summed E-state index contributed by atoms with van der Waals surface area (Å²) in [6.07, 6.45) is 0. The second-order valence-corrected chi connectivity index (χ2v) is 6.45. The van der Waals surface area contributed by atoms with E-state index >= 15 is 0 Å². The molecule has 0 unspecified atom stereocenters. The van der Waals surface area contributed by atoms with Gasteiger partial charge in [-0.25, -0.2) is 4.39 Å². The molecule has 0 aliphatic rings. The van der Waals surface area contributed by atoms with Crippen molar-refractivity contribution in [1.29, 1.82) is 0 Å². The second kappa shape index (κ2) is 7.09. The highest BCUT2D eigenvalue weighted by Crippen LogP contribution is 2.26. The SMILES string of the molecule is Cn1c(SCc2nc(-c3ccccc3)no2)nnc1-c1ccccc1F. The van der Waals surface area contributed by atoms with Crippen LogP contribution in [0.15, 0.2) is 64.3 Å². The van der Waals surface area contributed by atoms with E-state index in [4.69, 9.17) is 4.52 Å². The van der Waals surface area contributed by atoms with Gasteiger partial charge in [-0.15, -0.1) is 10.2 Å². The van der Waals surface area contributed by atoms with Crippen LogP contribution in [0, 0.1) is 5.82 Å². The zero-order valence-electron chi connectivity index (χ0n) is 13.8. The molecule has 8 heteroatoms. The monoisotopic (exact) mass is 367 g/mol. The lowest BCUT2D eigenvalue weighted by atomic mass is 10.2. The molecule has 26 heavy (non-hydrogen) atoms. The van der Waals surface area contributed by atoms with E-state index in [0.717, 1.165) is 5.56 Å². The molecule has 0 radical (unpaired) electrons. The van der Waals surface area contributed by atoms with Gasteiger partial charge in [0.2, 0.25) is 11.7 Å². The summed E-state index contributed by atoms with van der Waals surface area (Å²) in [5, 5.41) is 12.9. The van der Waals surface area contributed by atoms with Gasteiger partial charge in [0.25, 0.3) is 0 Å². The fraction of sp³-hybridized carbons (Fsp3) is 0.111. The molecule has 0 saturated carbocycles. The molecule has 0 aliphatic heterocycles. The Morgan fingerprint density at radius 1 is 1.04 bits per heavy atom. The molecule has 2 heterocycles. The minimum Gasteiger partial charge on any atom is -0.338 e. The average molecular weight is 367 g/mol. The molecular formula is C18H14FN5OS. The van der Waals surface area contributed by atoms with Crippen molar-refractivity contribution in [3.05, 3.63) is 66.3 Å². The fourth-order valence-electron chi connectivity index (χ4n) is 2.46. The molecule has 0 atom stereocenters. The number of benzene rings is 2. The Hall–Kier alpha value is -3.00. The van der Waals surface area contributed by atoms with Gasteiger partial charge in [-0.1, -0.05) is 59.4 Å². The van der Waals surface area contributed by atoms with E-state index in [2.05, 4.69) is 20.3 Å². The largest absolute Gasteiger partial charge is 0.338 e. The van der Waals surface area contributed by atoms with E-state index in [1.165, 1.54) is 17.8 Å². The summed E-state index contributed by atoms with van der Waals surface area (Å²) in [5.41, 5.74) is 1.31. The Balaban J connectivity index is 1.50. The van der Waals surface area contributed by atoms with Gasteiger partial charge in [-0.3, -0.25) is 0 Å². The molecule has 4 aromatic rings. The van der Waals surface area contributed by atoms with Gasteiger partial charge in [0.1, 0.15) is 5.82 Å². The van der Waals surface area contributed by atoms with Crippen LogP contribution in [-0.4, -0.2) is 24.9 Å². The number of aromatic nitrogens is 5. The minimum atomic E-state index is -0.330. The zero-order chi connectivity index (χ0) is 17.9. The molecule has 2 aromatic carbocycles. The fourth-order valence-corrected chi connectivity index (χ4v) is 3.21. The first-order valence-corrected chi connectivity index (χ1v) is 8.86. The Morgan fingerprint density at radius 2 is 1.81 bits per heavy atom. The van der Waals surface area contributed by atoms with Crippen molar-refractivity contribution < 1.29 is 8.91 Å². The van der Waals surface area contributed by atoms with Crippen LogP contribution in [0.25, 0.3) is 22.8 Å². The van der Waals surface area contributed by atoms with E-state index in [1.54, 1.807) is 29.8 Å².